The van der Waals surface area contributed by atoms with Gasteiger partial charge < -0.3 is 106 Å². The van der Waals surface area contributed by atoms with E-state index in [2.05, 4.69) is 39.3 Å². The Morgan fingerprint density at radius 2 is 0.798 bits per heavy atom. The Morgan fingerprint density at radius 3 is 1.15 bits per heavy atom. The number of aliphatic imine (C=N–C) groups is 2. The van der Waals surface area contributed by atoms with Crippen molar-refractivity contribution in [3.05, 3.63) is 24.3 Å². The summed E-state index contributed by atoms with van der Waals surface area (Å²) < 4.78 is 326. The van der Waals surface area contributed by atoms with Crippen LogP contribution < -0.4 is 29.9 Å². The van der Waals surface area contributed by atoms with Crippen LogP contribution in [0, 0.1) is 0 Å². The zero-order valence-electron chi connectivity index (χ0n) is 43.5. The molecule has 4 aliphatic heterocycles. The van der Waals surface area contributed by atoms with Gasteiger partial charge in [0.15, 0.2) is 31.1 Å². The Kier molecular flexibility index (Phi) is 24.6. The fraction of sp³-hybridized carbons (Fsp3) is 0.714. The van der Waals surface area contributed by atoms with Crippen LogP contribution in [0.3, 0.4) is 0 Å². The van der Waals surface area contributed by atoms with E-state index in [1.54, 1.807) is 0 Å². The summed E-state index contributed by atoms with van der Waals surface area (Å²) in [7, 11) is -42.2. The Bertz CT molecular complexity index is 3540. The zero-order chi connectivity index (χ0) is 67.5. The first-order valence-corrected chi connectivity index (χ1v) is 32.5. The molecule has 4 saturated heterocycles. The molecule has 20 atom stereocenters. The number of hydrogen-bond acceptors (Lipinski definition) is 45. The summed E-state index contributed by atoms with van der Waals surface area (Å²) in [5, 5.41) is 74.1. The van der Waals surface area contributed by atoms with E-state index in [0.29, 0.717) is 13.8 Å². The van der Waals surface area contributed by atoms with E-state index in [9.17, 15) is 131 Å². The molecule has 1 aromatic rings. The Hall–Kier alpha value is -4.57. The summed E-state index contributed by atoms with van der Waals surface area (Å²) in [4.78, 5) is 32.4. The van der Waals surface area contributed by atoms with E-state index in [4.69, 9.17) is 42.6 Å². The molecule has 0 amide bonds. The lowest BCUT2D eigenvalue weighted by Gasteiger charge is -2.51. The minimum absolute atomic E-state index is 0.135. The number of methoxy groups -OCH3 is 1. The molecule has 4 heterocycles. The summed E-state index contributed by atoms with van der Waals surface area (Å²) in [6.45, 7) is -2.73. The van der Waals surface area contributed by atoms with Gasteiger partial charge >= 0.3 is 20.8 Å². The monoisotopic (exact) mass is 1430 g/mol. The number of rotatable bonds is 29. The molecule has 0 bridgehead atoms. The quantitative estimate of drug-likeness (QED) is 0.0250. The van der Waals surface area contributed by atoms with Gasteiger partial charge in [-0.1, -0.05) is 0 Å². The highest BCUT2D eigenvalue weighted by Crippen LogP contribution is 2.40. The lowest BCUT2D eigenvalue weighted by atomic mass is 9.94. The minimum atomic E-state index is -6.47. The summed E-state index contributed by atoms with van der Waals surface area (Å²) in [5.41, 5.74) is 0. The maximum atomic E-state index is 13.1. The molecule has 1 aromatic carbocycles. The molecule has 5 rings (SSSR count). The van der Waals surface area contributed by atoms with Crippen molar-refractivity contribution < 1.29 is 203 Å². The van der Waals surface area contributed by atoms with Gasteiger partial charge in [0.25, 0.3) is 0 Å². The highest BCUT2D eigenvalue weighted by Gasteiger charge is 2.60. The Morgan fingerprint density at radius 1 is 0.461 bits per heavy atom. The number of hydrogen-bond donors (Lipinski definition) is 4. The standard InChI is InChI=1S/C35H50N2O45S7/c1-10(38)36-16-22(20(78-85(52,53)54)14(8-68-83(46,47)48)71-32(16)70-13-6-4-12(67-3)5-7-13)73-34-26(81-88(61,62)63)18(40)24(28(76-34)30(42)43)75-33-17(37-11(2)39)23(21(79-86(55,56)57)15(72-33)9-69-84(49,50)51)74-35-27(82-89(64,65)66)19(41)25(80-87(58,59)60)29(77-35)31(44)45/h4-7,14-29,32-35,40-41H,8-9H2,1-3H3,(H,36,38)(H,37,39)(H,42,43)(H,44,45)(H,46,47,48)(H,49,50,51)(H,52,53,54)(H,55,56,57)(H,58,59,60)(H,61,62,63)(H,64,65,66)/p-9/t14-,15-,16-,17-,18+,19+,20+,21+,22-,23-,24+,25+,26-,27-,28+,29+,32-,33+,34-,35-/m1/s1. The molecule has 0 spiro atoms. The van der Waals surface area contributed by atoms with Crippen molar-refractivity contribution in [2.75, 3.05) is 20.3 Å². The third kappa shape index (κ3) is 22.6. The molecule has 47 nitrogen and oxygen atoms in total. The van der Waals surface area contributed by atoms with Gasteiger partial charge in [-0.25, -0.2) is 50.5 Å². The van der Waals surface area contributed by atoms with E-state index in [1.807, 2.05) is 0 Å². The maximum Gasteiger partial charge on any atom is 0.397 e. The van der Waals surface area contributed by atoms with Crippen molar-refractivity contribution in [2.45, 2.75) is 137 Å². The van der Waals surface area contributed by atoms with Gasteiger partial charge in [0.05, 0.1) is 32.3 Å². The number of aliphatic hydroxyl groups excluding tert-OH is 2. The van der Waals surface area contributed by atoms with Crippen molar-refractivity contribution in [1.29, 1.82) is 0 Å². The van der Waals surface area contributed by atoms with Gasteiger partial charge in [-0.2, -0.15) is 16.8 Å². The van der Waals surface area contributed by atoms with Gasteiger partial charge in [-0.15, -0.1) is 0 Å². The smallest absolute Gasteiger partial charge is 0.397 e. The molecule has 0 radical (unpaired) electrons. The number of carboxylic acid groups (broad SMARTS) is 2. The summed E-state index contributed by atoms with van der Waals surface area (Å²) >= 11 is 0. The molecule has 0 aromatic heterocycles. The number of carboxylic acids is 2. The van der Waals surface area contributed by atoms with Crippen LogP contribution in [0.25, 0.3) is 0 Å². The first-order valence-electron chi connectivity index (χ1n) is 23.1. The first kappa shape index (κ1) is 75.2. The molecule has 0 unspecified atom stereocenters. The van der Waals surface area contributed by atoms with Gasteiger partial charge in [0.1, 0.15) is 96.8 Å². The van der Waals surface area contributed by atoms with Crippen LogP contribution in [0.4, 0.5) is 0 Å². The molecule has 0 saturated carbocycles. The molecule has 0 aliphatic carbocycles. The van der Waals surface area contributed by atoms with Crippen LogP contribution >= 0.6 is 0 Å². The van der Waals surface area contributed by atoms with Crippen LogP contribution in [-0.4, -0.2) is 268 Å². The van der Waals surface area contributed by atoms with Crippen molar-refractivity contribution >= 4 is 96.5 Å². The normalized spacial score (nSPS) is 34.1. The third-order valence-electron chi connectivity index (χ3n) is 11.5. The van der Waals surface area contributed by atoms with E-state index in [-0.39, 0.29) is 11.5 Å². The van der Waals surface area contributed by atoms with Crippen LogP contribution in [0.2, 0.25) is 0 Å². The SMILES string of the molecule is COc1ccc(O[C@@H]2O[C@H](COS(=O)(=O)[O-])[C@H](OS(=O)(=O)[O-])[C@H](O[C@@H]3O[C@H](C(=O)[O-])[C@@H](O[C@@H]4O[C@H](COS(=O)(=O)[O-])[C@H](OS(=O)(=O)[O-])[C@H](O[C@@H]5O[C@H](C(=O)[O-])[C@@H](OS(=O)(=O)[O-])[C@H](O)[C@H]5OS(=O)(=O)O)[C@H]4N=C(C)[O-])[C@H](O)[C@H]3OS(=O)(=O)O)[C@H]2N=C(C)[O-])cc1. The Balaban J connectivity index is 1.73. The number of benzene rings is 1. The number of aliphatic hydroxyl groups is 2. The number of carbonyl (C=O) groups excluding carboxylic acids is 2. The van der Waals surface area contributed by atoms with Crippen molar-refractivity contribution in [3.63, 3.8) is 0 Å². The second-order valence-corrected chi connectivity index (χ2v) is 24.9. The first-order chi connectivity index (χ1) is 40.5. The number of aliphatic carboxylic acids is 2. The lowest BCUT2D eigenvalue weighted by molar-refractivity contribution is -0.381. The zero-order valence-corrected chi connectivity index (χ0v) is 49.3. The predicted molar refractivity (Wildman–Crippen MR) is 247 cm³/mol. The highest BCUT2D eigenvalue weighted by atomic mass is 32.3. The molecular formula is C35H41N2O45S7-9. The van der Waals surface area contributed by atoms with E-state index >= 15 is 0 Å². The van der Waals surface area contributed by atoms with Gasteiger partial charge in [0, 0.05) is 0 Å². The third-order valence-corrected chi connectivity index (χ3v) is 14.6. The number of ether oxygens (including phenoxy) is 9. The molecule has 4 N–H and O–H groups in total. The number of carbonyl (C=O) groups is 2. The minimum Gasteiger partial charge on any atom is -0.862 e. The van der Waals surface area contributed by atoms with Crippen molar-refractivity contribution in [3.8, 4) is 11.5 Å². The lowest BCUT2D eigenvalue weighted by Crippen LogP contribution is -2.70. The summed E-state index contributed by atoms with van der Waals surface area (Å²) in [6, 6.07) is -0.901. The topological polar surface area (TPSA) is 734 Å². The fourth-order valence-corrected chi connectivity index (χ4v) is 11.5. The van der Waals surface area contributed by atoms with Crippen LogP contribution in [0.1, 0.15) is 13.8 Å². The molecule has 512 valence electrons. The fourth-order valence-electron chi connectivity index (χ4n) is 8.46. The van der Waals surface area contributed by atoms with Gasteiger partial charge in [-0.05, 0) is 49.9 Å². The molecular weight excluding hydrogens is 1390 g/mol. The van der Waals surface area contributed by atoms with E-state index < -0.39 is 232 Å². The second-order valence-electron chi connectivity index (χ2n) is 17.7. The van der Waals surface area contributed by atoms with Crippen molar-refractivity contribution in [1.82, 2.24) is 0 Å². The largest absolute Gasteiger partial charge is 0.862 e. The Labute approximate surface area is 500 Å². The number of nitrogens with zero attached hydrogens (tertiary/aromatic N) is 2. The second kappa shape index (κ2) is 29.2. The van der Waals surface area contributed by atoms with E-state index in [0.717, 1.165) is 12.1 Å². The van der Waals surface area contributed by atoms with Crippen molar-refractivity contribution in [2.24, 2.45) is 9.98 Å². The molecule has 89 heavy (non-hydrogen) atoms. The van der Waals surface area contributed by atoms with Gasteiger partial charge in [-0.3, -0.25) is 40.0 Å². The van der Waals surface area contributed by atoms with Crippen LogP contribution in [0.5, 0.6) is 11.5 Å². The van der Waals surface area contributed by atoms with E-state index in [1.165, 1.54) is 19.2 Å². The van der Waals surface area contributed by atoms with Gasteiger partial charge in [0.2, 0.25) is 58.3 Å². The van der Waals surface area contributed by atoms with Crippen LogP contribution in [0.15, 0.2) is 34.3 Å². The average molecular weight is 1430 g/mol. The molecule has 4 aliphatic rings. The summed E-state index contributed by atoms with van der Waals surface area (Å²) in [6.07, 6.45) is -56.4. The molecule has 54 heteroatoms. The highest BCUT2D eigenvalue weighted by molar-refractivity contribution is 7.82. The summed E-state index contributed by atoms with van der Waals surface area (Å²) in [5.74, 6) is -8.77. The maximum absolute atomic E-state index is 13.1. The average Bonchev–Trinajstić information content (AvgIpc) is 0.782. The predicted octanol–water partition coefficient (Wildman–Crippen LogP) is -13.5. The molecule has 4 fully saturated rings. The van der Waals surface area contributed by atoms with Crippen LogP contribution in [-0.2, 0) is 145 Å².